The van der Waals surface area contributed by atoms with E-state index in [0.29, 0.717) is 22.9 Å². The number of carboxylic acids is 1. The van der Waals surface area contributed by atoms with Gasteiger partial charge in [0.2, 0.25) is 26.0 Å². The molecular formula is C33H25BrF6N4O7S2. The molecule has 5 aromatic rings. The van der Waals surface area contributed by atoms with Gasteiger partial charge in [0.15, 0.2) is 0 Å². The number of imidazole rings is 1. The first-order valence-electron chi connectivity index (χ1n) is 15.0. The summed E-state index contributed by atoms with van der Waals surface area (Å²) in [7, 11) is -8.38. The van der Waals surface area contributed by atoms with Crippen molar-refractivity contribution in [2.45, 2.75) is 41.4 Å². The Hall–Kier alpha value is -4.79. The Kier molecular flexibility index (Phi) is 11.1. The number of carboxylic acid groups (broad SMARTS) is 1. The van der Waals surface area contributed by atoms with Crippen LogP contribution in [0.3, 0.4) is 0 Å². The van der Waals surface area contributed by atoms with Crippen LogP contribution >= 0.6 is 15.9 Å². The van der Waals surface area contributed by atoms with Crippen LogP contribution in [0.1, 0.15) is 40.2 Å². The Balaban J connectivity index is 0.000000705. The third-order valence-corrected chi connectivity index (χ3v) is 11.7. The number of hydrogen-bond donors (Lipinski definition) is 4. The molecule has 1 aliphatic rings. The van der Waals surface area contributed by atoms with Gasteiger partial charge in [-0.25, -0.2) is 31.3 Å². The molecule has 1 saturated heterocycles. The third-order valence-electron chi connectivity index (χ3n) is 7.87. The van der Waals surface area contributed by atoms with E-state index in [1.807, 2.05) is 47.2 Å². The number of amides is 1. The van der Waals surface area contributed by atoms with Crippen molar-refractivity contribution in [2.24, 2.45) is 0 Å². The number of aromatic amines is 1. The number of benzene rings is 4. The second-order valence-electron chi connectivity index (χ2n) is 11.6. The van der Waals surface area contributed by atoms with Gasteiger partial charge in [0.05, 0.1) is 34.8 Å². The first-order valence-corrected chi connectivity index (χ1v) is 18.8. The summed E-state index contributed by atoms with van der Waals surface area (Å²) in [6.45, 7) is 0. The number of fused-ring (bicyclic) bond motifs is 1. The lowest BCUT2D eigenvalue weighted by atomic mass is 10.0. The molecule has 4 N–H and O–H groups in total. The molecule has 20 heteroatoms. The zero-order chi connectivity index (χ0) is 38.9. The summed E-state index contributed by atoms with van der Waals surface area (Å²) in [4.78, 5) is 27.6. The number of aliphatic carboxylic acids is 1. The largest absolute Gasteiger partial charge is 0.490 e. The summed E-state index contributed by atoms with van der Waals surface area (Å²) in [5.74, 6) is -3.16. The van der Waals surface area contributed by atoms with Crippen molar-refractivity contribution in [3.05, 3.63) is 118 Å². The predicted octanol–water partition coefficient (Wildman–Crippen LogP) is 6.80. The van der Waals surface area contributed by atoms with Gasteiger partial charge < -0.3 is 10.1 Å². The highest BCUT2D eigenvalue weighted by molar-refractivity contribution is 9.10. The molecule has 1 amide bonds. The number of carbonyl (C=O) groups excluding carboxylic acids is 1. The molecule has 53 heavy (non-hydrogen) atoms. The van der Waals surface area contributed by atoms with Crippen molar-refractivity contribution in [3.8, 4) is 11.3 Å². The lowest BCUT2D eigenvalue weighted by molar-refractivity contribution is -0.192. The van der Waals surface area contributed by atoms with E-state index in [2.05, 4.69) is 30.6 Å². The summed E-state index contributed by atoms with van der Waals surface area (Å²) < 4.78 is 128. The fourth-order valence-corrected chi connectivity index (χ4v) is 8.43. The molecule has 1 fully saturated rings. The Morgan fingerprint density at radius 3 is 2.19 bits per heavy atom. The maximum atomic E-state index is 13.6. The number of hydrogen-bond acceptors (Lipinski definition) is 7. The maximum absolute atomic E-state index is 13.6. The maximum Gasteiger partial charge on any atom is 0.490 e. The summed E-state index contributed by atoms with van der Waals surface area (Å²) >= 11 is 2.83. The number of nitrogens with zero attached hydrogens (tertiary/aromatic N) is 1. The van der Waals surface area contributed by atoms with Crippen LogP contribution in [0.2, 0.25) is 0 Å². The van der Waals surface area contributed by atoms with E-state index < -0.39 is 66.0 Å². The van der Waals surface area contributed by atoms with E-state index in [9.17, 15) is 48.0 Å². The number of aromatic nitrogens is 2. The minimum atomic E-state index is -5.08. The summed E-state index contributed by atoms with van der Waals surface area (Å²) in [6, 6.07) is 21.4. The molecule has 0 radical (unpaired) electrons. The van der Waals surface area contributed by atoms with Crippen molar-refractivity contribution in [2.75, 3.05) is 0 Å². The van der Waals surface area contributed by atoms with Crippen LogP contribution in [-0.2, 0) is 42.2 Å². The molecule has 11 nitrogen and oxygen atoms in total. The van der Waals surface area contributed by atoms with Crippen LogP contribution in [0.4, 0.5) is 26.3 Å². The van der Waals surface area contributed by atoms with Gasteiger partial charge in [-0.05, 0) is 52.6 Å². The quantitative estimate of drug-likeness (QED) is 0.123. The molecule has 1 aromatic heterocycles. The van der Waals surface area contributed by atoms with E-state index in [1.54, 1.807) is 18.3 Å². The minimum Gasteiger partial charge on any atom is -0.475 e. The van der Waals surface area contributed by atoms with Gasteiger partial charge in [0.25, 0.3) is 0 Å². The molecule has 0 spiro atoms. The predicted molar refractivity (Wildman–Crippen MR) is 182 cm³/mol. The highest BCUT2D eigenvalue weighted by Gasteiger charge is 2.39. The first-order chi connectivity index (χ1) is 24.6. The molecule has 280 valence electrons. The van der Waals surface area contributed by atoms with Crippen LogP contribution in [-0.4, -0.2) is 50.0 Å². The van der Waals surface area contributed by atoms with Gasteiger partial charge >= 0.3 is 18.3 Å². The molecular weight excluding hydrogens is 822 g/mol. The summed E-state index contributed by atoms with van der Waals surface area (Å²) in [5.41, 5.74) is 1.18. The minimum absolute atomic E-state index is 0.00143. The molecule has 6 rings (SSSR count). The topological polar surface area (TPSA) is 175 Å². The molecule has 0 bridgehead atoms. The van der Waals surface area contributed by atoms with E-state index in [1.165, 1.54) is 12.1 Å². The number of nitrogens with one attached hydrogen (secondary N) is 3. The van der Waals surface area contributed by atoms with Gasteiger partial charge in [0, 0.05) is 10.0 Å². The SMILES string of the molecule is O=C(O)C(F)(F)F.O=C1CC(c2ccc(CC(NS(=O)(=O)c3ccc(Br)c(C(F)(F)F)c3)c3ncc(-c4ccc5ccccc5c4)[nH]3)cc2)S(=O)(=O)N1. The van der Waals surface area contributed by atoms with E-state index in [-0.39, 0.29) is 23.1 Å². The standard InChI is InChI=1S/C31H24BrF3N4O5S2.C2HF3O2/c32-25-12-11-23(15-24(25)31(33,34)35)45(41,42)38-26(13-18-5-7-20(8-6-18)28-16-29(40)39-46(28,43)44)30-36-17-27(37-30)22-10-9-19-3-1-2-4-21(19)14-22;3-2(4,5)1(6)7/h1-12,14-15,17,26,28,38H,13,16H2,(H,36,37)(H,39,40);(H,6,7). The average molecular weight is 848 g/mol. The summed E-state index contributed by atoms with van der Waals surface area (Å²) in [5, 5.41) is 8.07. The molecule has 2 heterocycles. The lowest BCUT2D eigenvalue weighted by Gasteiger charge is -2.19. The number of halogens is 7. The molecule has 1 aliphatic heterocycles. The number of sulfonamides is 2. The number of H-pyrrole nitrogens is 1. The zero-order valence-electron chi connectivity index (χ0n) is 26.5. The molecule has 0 saturated carbocycles. The average Bonchev–Trinajstić information content (AvgIpc) is 3.67. The van der Waals surface area contributed by atoms with Crippen molar-refractivity contribution >= 4 is 58.6 Å². The number of rotatable bonds is 8. The van der Waals surface area contributed by atoms with E-state index >= 15 is 0 Å². The molecule has 2 unspecified atom stereocenters. The highest BCUT2D eigenvalue weighted by Crippen LogP contribution is 2.37. The van der Waals surface area contributed by atoms with E-state index in [0.717, 1.165) is 28.5 Å². The Labute approximate surface area is 305 Å². The highest BCUT2D eigenvalue weighted by atomic mass is 79.9. The van der Waals surface area contributed by atoms with Gasteiger partial charge in [0.1, 0.15) is 11.1 Å². The molecule has 4 aromatic carbocycles. The summed E-state index contributed by atoms with van der Waals surface area (Å²) in [6.07, 6.45) is -8.56. The third kappa shape index (κ3) is 9.42. The number of carbonyl (C=O) groups is 2. The second kappa shape index (κ2) is 14.9. The molecule has 2 atom stereocenters. The van der Waals surface area contributed by atoms with Crippen molar-refractivity contribution in [1.29, 1.82) is 0 Å². The van der Waals surface area contributed by atoms with Crippen LogP contribution in [0.15, 0.2) is 100 Å². The Bertz CT molecular complexity index is 2400. The smallest absolute Gasteiger partial charge is 0.475 e. The zero-order valence-corrected chi connectivity index (χ0v) is 29.8. The number of alkyl halides is 6. The lowest BCUT2D eigenvalue weighted by Crippen LogP contribution is -2.31. The van der Waals surface area contributed by atoms with Gasteiger partial charge in [-0.2, -0.15) is 26.3 Å². The van der Waals surface area contributed by atoms with Gasteiger partial charge in [-0.1, -0.05) is 76.6 Å². The first kappa shape index (κ1) is 39.4. The molecule has 0 aliphatic carbocycles. The normalized spacial score (nSPS) is 16.4. The van der Waals surface area contributed by atoms with Crippen molar-refractivity contribution < 1.29 is 57.9 Å². The van der Waals surface area contributed by atoms with Crippen LogP contribution in [0.5, 0.6) is 0 Å². The Morgan fingerprint density at radius 2 is 1.60 bits per heavy atom. The van der Waals surface area contributed by atoms with Crippen LogP contribution in [0.25, 0.3) is 22.0 Å². The van der Waals surface area contributed by atoms with Gasteiger partial charge in [-0.15, -0.1) is 0 Å². The fourth-order valence-electron chi connectivity index (χ4n) is 5.31. The Morgan fingerprint density at radius 1 is 0.962 bits per heavy atom. The van der Waals surface area contributed by atoms with Crippen LogP contribution in [0, 0.1) is 0 Å². The fraction of sp³-hybridized carbons (Fsp3) is 0.182. The van der Waals surface area contributed by atoms with E-state index in [4.69, 9.17) is 9.90 Å². The monoisotopic (exact) mass is 846 g/mol. The second-order valence-corrected chi connectivity index (χ2v) is 16.0. The van der Waals surface area contributed by atoms with Crippen molar-refractivity contribution in [3.63, 3.8) is 0 Å². The van der Waals surface area contributed by atoms with Crippen molar-refractivity contribution in [1.82, 2.24) is 19.4 Å². The van der Waals surface area contributed by atoms with Gasteiger partial charge in [-0.3, -0.25) is 9.52 Å². The van der Waals surface area contributed by atoms with Crippen LogP contribution < -0.4 is 9.44 Å².